The van der Waals surface area contributed by atoms with E-state index in [0.29, 0.717) is 24.1 Å². The summed E-state index contributed by atoms with van der Waals surface area (Å²) in [6.07, 6.45) is 1.92. The molecule has 2 N–H and O–H groups in total. The fraction of sp³-hybridized carbons (Fsp3) is 0.900. The first-order chi connectivity index (χ1) is 7.34. The van der Waals surface area contributed by atoms with Crippen LogP contribution in [0.2, 0.25) is 0 Å². The highest BCUT2D eigenvalue weighted by atomic mass is 32.2. The van der Waals surface area contributed by atoms with Crippen molar-refractivity contribution in [3.63, 3.8) is 0 Å². The molecule has 0 amide bonds. The Morgan fingerprint density at radius 3 is 2.80 bits per heavy atom. The third-order valence-corrected chi connectivity index (χ3v) is 3.37. The summed E-state index contributed by atoms with van der Waals surface area (Å²) < 4.78 is 5.09. The van der Waals surface area contributed by atoms with Gasteiger partial charge in [0.25, 0.3) is 0 Å². The number of aliphatic hydroxyl groups excluding tert-OH is 1. The monoisotopic (exact) mass is 233 g/mol. The predicted molar refractivity (Wildman–Crippen MR) is 61.0 cm³/mol. The van der Waals surface area contributed by atoms with Crippen molar-refractivity contribution in [2.45, 2.75) is 12.8 Å². The highest BCUT2D eigenvalue weighted by Crippen LogP contribution is 2.19. The van der Waals surface area contributed by atoms with Crippen LogP contribution in [0.1, 0.15) is 12.8 Å². The molecular formula is C10H19NO3S. The van der Waals surface area contributed by atoms with Gasteiger partial charge in [0.1, 0.15) is 0 Å². The van der Waals surface area contributed by atoms with Crippen LogP contribution in [0.15, 0.2) is 0 Å². The summed E-state index contributed by atoms with van der Waals surface area (Å²) >= 11 is 1.36. The molecule has 0 aliphatic carbocycles. The molecule has 0 unspecified atom stereocenters. The van der Waals surface area contributed by atoms with E-state index in [-0.39, 0.29) is 12.5 Å². The van der Waals surface area contributed by atoms with Crippen LogP contribution >= 0.6 is 11.8 Å². The van der Waals surface area contributed by atoms with Gasteiger partial charge in [-0.15, -0.1) is 0 Å². The molecule has 0 spiro atoms. The molecule has 0 aromatic carbocycles. The third kappa shape index (κ3) is 5.51. The van der Waals surface area contributed by atoms with Gasteiger partial charge in [-0.05, 0) is 25.9 Å². The van der Waals surface area contributed by atoms with Crippen LogP contribution in [0.25, 0.3) is 0 Å². The lowest BCUT2D eigenvalue weighted by atomic mass is 10.0. The van der Waals surface area contributed by atoms with Gasteiger partial charge in [0.05, 0.1) is 19.8 Å². The summed E-state index contributed by atoms with van der Waals surface area (Å²) in [7, 11) is 0. The Morgan fingerprint density at radius 1 is 1.40 bits per heavy atom. The quantitative estimate of drug-likeness (QED) is 0.644. The zero-order chi connectivity index (χ0) is 10.9. The normalized spacial score (nSPS) is 17.9. The lowest BCUT2D eigenvalue weighted by Gasteiger charge is -2.20. The molecule has 1 aliphatic heterocycles. The highest BCUT2D eigenvalue weighted by Gasteiger charge is 2.20. The van der Waals surface area contributed by atoms with Crippen molar-refractivity contribution in [3.8, 4) is 0 Å². The van der Waals surface area contributed by atoms with E-state index in [0.717, 1.165) is 25.9 Å². The molecule has 5 heteroatoms. The number of hydrogen-bond acceptors (Lipinski definition) is 5. The first-order valence-electron chi connectivity index (χ1n) is 5.40. The van der Waals surface area contributed by atoms with Crippen molar-refractivity contribution < 1.29 is 14.6 Å². The van der Waals surface area contributed by atoms with Gasteiger partial charge in [0.15, 0.2) is 5.12 Å². The molecule has 88 valence electrons. The van der Waals surface area contributed by atoms with E-state index in [1.54, 1.807) is 0 Å². The van der Waals surface area contributed by atoms with Gasteiger partial charge in [0.2, 0.25) is 0 Å². The number of aliphatic hydroxyl groups is 1. The van der Waals surface area contributed by atoms with Gasteiger partial charge < -0.3 is 15.2 Å². The van der Waals surface area contributed by atoms with Gasteiger partial charge in [-0.3, -0.25) is 4.79 Å². The number of carbonyl (C=O) groups excluding carboxylic acids is 1. The lowest BCUT2D eigenvalue weighted by molar-refractivity contribution is -0.115. The minimum atomic E-state index is 0.0485. The van der Waals surface area contributed by atoms with Crippen LogP contribution in [0, 0.1) is 5.92 Å². The standard InChI is InChI=1S/C10H19NO3S/c12-5-6-14-7-8-15-10(13)9-1-3-11-4-2-9/h9,11-12H,1-8H2. The number of ether oxygens (including phenoxy) is 1. The third-order valence-electron chi connectivity index (χ3n) is 2.38. The summed E-state index contributed by atoms with van der Waals surface area (Å²) in [5, 5.41) is 12.0. The van der Waals surface area contributed by atoms with E-state index in [1.807, 2.05) is 0 Å². The molecule has 0 atom stereocenters. The number of thioether (sulfide) groups is 1. The summed E-state index contributed by atoms with van der Waals surface area (Å²) in [5.41, 5.74) is 0. The summed E-state index contributed by atoms with van der Waals surface area (Å²) in [6.45, 7) is 2.87. The number of hydrogen-bond donors (Lipinski definition) is 2. The maximum absolute atomic E-state index is 11.7. The van der Waals surface area contributed by atoms with Gasteiger partial charge in [-0.1, -0.05) is 11.8 Å². The van der Waals surface area contributed by atoms with Crippen LogP contribution in [0.4, 0.5) is 0 Å². The molecule has 0 bridgehead atoms. The Labute approximate surface area is 94.8 Å². The molecular weight excluding hydrogens is 214 g/mol. The van der Waals surface area contributed by atoms with Crippen molar-refractivity contribution in [1.82, 2.24) is 5.32 Å². The largest absolute Gasteiger partial charge is 0.394 e. The Balaban J connectivity index is 2.02. The average Bonchev–Trinajstić information content (AvgIpc) is 2.30. The average molecular weight is 233 g/mol. The van der Waals surface area contributed by atoms with Crippen molar-refractivity contribution in [2.24, 2.45) is 5.92 Å². The fourth-order valence-electron chi connectivity index (χ4n) is 1.54. The van der Waals surface area contributed by atoms with E-state index in [2.05, 4.69) is 5.32 Å². The van der Waals surface area contributed by atoms with Gasteiger partial charge in [-0.25, -0.2) is 0 Å². The molecule has 0 aromatic rings. The Hall–Kier alpha value is -0.100. The molecule has 1 rings (SSSR count). The molecule has 0 aromatic heterocycles. The minimum absolute atomic E-state index is 0.0485. The zero-order valence-corrected chi connectivity index (χ0v) is 9.72. The maximum Gasteiger partial charge on any atom is 0.192 e. The molecule has 0 radical (unpaired) electrons. The lowest BCUT2D eigenvalue weighted by Crippen LogP contribution is -2.31. The van der Waals surface area contributed by atoms with E-state index in [4.69, 9.17) is 9.84 Å². The smallest absolute Gasteiger partial charge is 0.192 e. The first-order valence-corrected chi connectivity index (χ1v) is 6.39. The molecule has 15 heavy (non-hydrogen) atoms. The predicted octanol–water partition coefficient (Wildman–Crippen LogP) is 0.255. The molecule has 1 aliphatic rings. The van der Waals surface area contributed by atoms with E-state index >= 15 is 0 Å². The molecule has 4 nitrogen and oxygen atoms in total. The van der Waals surface area contributed by atoms with E-state index in [1.165, 1.54) is 11.8 Å². The van der Waals surface area contributed by atoms with Crippen molar-refractivity contribution in [1.29, 1.82) is 0 Å². The highest BCUT2D eigenvalue weighted by molar-refractivity contribution is 8.13. The van der Waals surface area contributed by atoms with Crippen molar-refractivity contribution in [2.75, 3.05) is 38.7 Å². The Bertz CT molecular complexity index is 184. The van der Waals surface area contributed by atoms with Gasteiger partial charge >= 0.3 is 0 Å². The van der Waals surface area contributed by atoms with E-state index in [9.17, 15) is 4.79 Å². The molecule has 1 heterocycles. The maximum atomic E-state index is 11.7. The Morgan fingerprint density at radius 2 is 2.13 bits per heavy atom. The van der Waals surface area contributed by atoms with Crippen molar-refractivity contribution in [3.05, 3.63) is 0 Å². The van der Waals surface area contributed by atoms with Crippen LogP contribution < -0.4 is 5.32 Å². The summed E-state index contributed by atoms with van der Waals surface area (Å²) in [4.78, 5) is 11.7. The first kappa shape index (κ1) is 13.0. The van der Waals surface area contributed by atoms with Gasteiger partial charge in [0, 0.05) is 11.7 Å². The minimum Gasteiger partial charge on any atom is -0.394 e. The second-order valence-corrected chi connectivity index (χ2v) is 4.63. The number of rotatable bonds is 6. The fourth-order valence-corrected chi connectivity index (χ4v) is 2.42. The SMILES string of the molecule is O=C(SCCOCCO)C1CCNCC1. The topological polar surface area (TPSA) is 58.6 Å². The Kier molecular flexibility index (Phi) is 7.00. The van der Waals surface area contributed by atoms with Crippen LogP contribution in [0.5, 0.6) is 0 Å². The number of carbonyl (C=O) groups is 1. The summed E-state index contributed by atoms with van der Waals surface area (Å²) in [5.74, 6) is 0.928. The molecule has 1 saturated heterocycles. The zero-order valence-electron chi connectivity index (χ0n) is 8.91. The van der Waals surface area contributed by atoms with Crippen LogP contribution in [0.3, 0.4) is 0 Å². The van der Waals surface area contributed by atoms with Crippen LogP contribution in [-0.4, -0.2) is 48.9 Å². The molecule has 0 saturated carbocycles. The second kappa shape index (κ2) is 8.10. The summed E-state index contributed by atoms with van der Waals surface area (Å²) in [6, 6.07) is 0. The van der Waals surface area contributed by atoms with Crippen molar-refractivity contribution >= 4 is 16.9 Å². The van der Waals surface area contributed by atoms with Crippen LogP contribution in [-0.2, 0) is 9.53 Å². The molecule has 1 fully saturated rings. The van der Waals surface area contributed by atoms with E-state index < -0.39 is 0 Å². The number of piperidine rings is 1. The number of nitrogens with one attached hydrogen (secondary N) is 1. The van der Waals surface area contributed by atoms with Gasteiger partial charge in [-0.2, -0.15) is 0 Å². The second-order valence-electron chi connectivity index (χ2n) is 3.53.